The largest absolute Gasteiger partial charge is 0.330 e. The fourth-order valence-corrected chi connectivity index (χ4v) is 2.56. The Hall–Kier alpha value is -1.13. The van der Waals surface area contributed by atoms with Crippen molar-refractivity contribution >= 4 is 15.9 Å². The van der Waals surface area contributed by atoms with Crippen LogP contribution in [0, 0.1) is 0 Å². The first kappa shape index (κ1) is 12.3. The Bertz CT molecular complexity index is 493. The highest BCUT2D eigenvalue weighted by Crippen LogP contribution is 2.26. The molecule has 90 valence electrons. The lowest BCUT2D eigenvalue weighted by Gasteiger charge is -2.15. The van der Waals surface area contributed by atoms with Gasteiger partial charge in [0.25, 0.3) is 0 Å². The van der Waals surface area contributed by atoms with Crippen molar-refractivity contribution in [2.24, 2.45) is 12.8 Å². The van der Waals surface area contributed by atoms with E-state index in [0.717, 1.165) is 16.6 Å². The van der Waals surface area contributed by atoms with Crippen LogP contribution in [0.1, 0.15) is 17.2 Å². The first-order valence-corrected chi connectivity index (χ1v) is 6.43. The Labute approximate surface area is 110 Å². The normalized spacial score (nSPS) is 12.6. The molecule has 2 aromatic rings. The third-order valence-electron chi connectivity index (χ3n) is 2.85. The lowest BCUT2D eigenvalue weighted by molar-refractivity contribution is 0.657. The van der Waals surface area contributed by atoms with Gasteiger partial charge in [-0.05, 0) is 30.7 Å². The van der Waals surface area contributed by atoms with Gasteiger partial charge in [0.05, 0.1) is 5.69 Å². The number of rotatable bonds is 4. The van der Waals surface area contributed by atoms with Gasteiger partial charge in [0.1, 0.15) is 0 Å². The number of aryl methyl sites for hydroxylation is 1. The van der Waals surface area contributed by atoms with E-state index >= 15 is 0 Å². The number of nitrogens with two attached hydrogens (primary N) is 1. The van der Waals surface area contributed by atoms with Crippen LogP contribution in [0.15, 0.2) is 41.0 Å². The molecule has 1 aromatic carbocycles. The van der Waals surface area contributed by atoms with Crippen LogP contribution in [0.25, 0.3) is 0 Å². The van der Waals surface area contributed by atoms with Gasteiger partial charge < -0.3 is 5.73 Å². The van der Waals surface area contributed by atoms with Crippen LogP contribution in [-0.2, 0) is 13.5 Å². The molecule has 3 nitrogen and oxygen atoms in total. The average molecular weight is 294 g/mol. The first-order valence-electron chi connectivity index (χ1n) is 5.63. The summed E-state index contributed by atoms with van der Waals surface area (Å²) in [6.07, 6.45) is 2.84. The van der Waals surface area contributed by atoms with E-state index in [1.807, 2.05) is 36.1 Å². The molecule has 0 saturated heterocycles. The summed E-state index contributed by atoms with van der Waals surface area (Å²) in [5, 5.41) is 4.40. The summed E-state index contributed by atoms with van der Waals surface area (Å²) in [6, 6.07) is 10.3. The third kappa shape index (κ3) is 2.96. The van der Waals surface area contributed by atoms with Crippen molar-refractivity contribution < 1.29 is 0 Å². The third-order valence-corrected chi connectivity index (χ3v) is 3.58. The lowest BCUT2D eigenvalue weighted by Crippen LogP contribution is -2.16. The van der Waals surface area contributed by atoms with Gasteiger partial charge in [-0.25, -0.2) is 0 Å². The fraction of sp³-hybridized carbons (Fsp3) is 0.308. The summed E-state index contributed by atoms with van der Waals surface area (Å²) in [5.74, 6) is 0.306. The molecule has 0 amide bonds. The second-order valence-corrected chi connectivity index (χ2v) is 4.99. The Balaban J connectivity index is 2.20. The maximum atomic E-state index is 5.87. The van der Waals surface area contributed by atoms with E-state index in [-0.39, 0.29) is 0 Å². The molecule has 1 aromatic heterocycles. The average Bonchev–Trinajstić information content (AvgIpc) is 2.73. The highest BCUT2D eigenvalue weighted by atomic mass is 79.9. The van der Waals surface area contributed by atoms with Crippen molar-refractivity contribution in [1.29, 1.82) is 0 Å². The van der Waals surface area contributed by atoms with Crippen LogP contribution in [0.4, 0.5) is 0 Å². The molecule has 1 heterocycles. The number of hydrogen-bond acceptors (Lipinski definition) is 2. The van der Waals surface area contributed by atoms with Crippen molar-refractivity contribution in [3.8, 4) is 0 Å². The van der Waals surface area contributed by atoms with E-state index in [2.05, 4.69) is 33.2 Å². The van der Waals surface area contributed by atoms with Crippen LogP contribution in [0.2, 0.25) is 0 Å². The summed E-state index contributed by atoms with van der Waals surface area (Å²) >= 11 is 3.58. The Morgan fingerprint density at radius 1 is 1.35 bits per heavy atom. The highest BCUT2D eigenvalue weighted by Gasteiger charge is 2.14. The minimum absolute atomic E-state index is 0.306. The summed E-state index contributed by atoms with van der Waals surface area (Å²) in [5.41, 5.74) is 8.21. The molecule has 17 heavy (non-hydrogen) atoms. The first-order chi connectivity index (χ1) is 8.20. The van der Waals surface area contributed by atoms with E-state index < -0.39 is 0 Å². The Morgan fingerprint density at radius 2 is 2.12 bits per heavy atom. The van der Waals surface area contributed by atoms with E-state index in [1.165, 1.54) is 5.56 Å². The van der Waals surface area contributed by atoms with Crippen LogP contribution in [-0.4, -0.2) is 16.3 Å². The number of benzene rings is 1. The van der Waals surface area contributed by atoms with Crippen molar-refractivity contribution in [3.05, 3.63) is 52.3 Å². The zero-order chi connectivity index (χ0) is 12.3. The quantitative estimate of drug-likeness (QED) is 0.941. The van der Waals surface area contributed by atoms with Gasteiger partial charge >= 0.3 is 0 Å². The molecule has 1 unspecified atom stereocenters. The summed E-state index contributed by atoms with van der Waals surface area (Å²) in [4.78, 5) is 0. The van der Waals surface area contributed by atoms with Gasteiger partial charge in [-0.1, -0.05) is 34.1 Å². The smallest absolute Gasteiger partial charge is 0.0631 e. The summed E-state index contributed by atoms with van der Waals surface area (Å²) in [7, 11) is 1.93. The molecule has 0 spiro atoms. The minimum Gasteiger partial charge on any atom is -0.330 e. The molecule has 1 atom stereocenters. The van der Waals surface area contributed by atoms with E-state index in [0.29, 0.717) is 12.5 Å². The second-order valence-electron chi connectivity index (χ2n) is 4.14. The molecule has 0 bridgehead atoms. The van der Waals surface area contributed by atoms with E-state index in [9.17, 15) is 0 Å². The SMILES string of the molecule is Cn1ccc(CC(CN)c2ccccc2Br)n1. The number of halogens is 1. The van der Waals surface area contributed by atoms with Crippen LogP contribution < -0.4 is 5.73 Å². The van der Waals surface area contributed by atoms with Crippen LogP contribution in [0.5, 0.6) is 0 Å². The topological polar surface area (TPSA) is 43.8 Å². The molecule has 2 N–H and O–H groups in total. The molecule has 0 aliphatic rings. The maximum Gasteiger partial charge on any atom is 0.0631 e. The summed E-state index contributed by atoms with van der Waals surface area (Å²) < 4.78 is 2.94. The van der Waals surface area contributed by atoms with Gasteiger partial charge in [0.2, 0.25) is 0 Å². The number of aromatic nitrogens is 2. The maximum absolute atomic E-state index is 5.87. The van der Waals surface area contributed by atoms with Crippen molar-refractivity contribution in [2.75, 3.05) is 6.54 Å². The van der Waals surface area contributed by atoms with Gasteiger partial charge in [-0.3, -0.25) is 4.68 Å². The van der Waals surface area contributed by atoms with Crippen molar-refractivity contribution in [1.82, 2.24) is 9.78 Å². The zero-order valence-corrected chi connectivity index (χ0v) is 11.4. The van der Waals surface area contributed by atoms with Gasteiger partial charge in [-0.2, -0.15) is 5.10 Å². The highest BCUT2D eigenvalue weighted by molar-refractivity contribution is 9.10. The molecule has 0 radical (unpaired) electrons. The minimum atomic E-state index is 0.306. The number of nitrogens with zero attached hydrogens (tertiary/aromatic N) is 2. The molecule has 0 saturated carbocycles. The lowest BCUT2D eigenvalue weighted by atomic mass is 9.94. The predicted octanol–water partition coefficient (Wildman–Crippen LogP) is 2.47. The van der Waals surface area contributed by atoms with E-state index in [1.54, 1.807) is 0 Å². The summed E-state index contributed by atoms with van der Waals surface area (Å²) in [6.45, 7) is 0.624. The zero-order valence-electron chi connectivity index (χ0n) is 9.81. The van der Waals surface area contributed by atoms with E-state index in [4.69, 9.17) is 5.73 Å². The fourth-order valence-electron chi connectivity index (χ4n) is 1.95. The Kier molecular flexibility index (Phi) is 3.97. The molecule has 0 aliphatic heterocycles. The molecule has 0 fully saturated rings. The van der Waals surface area contributed by atoms with Gasteiger partial charge in [0, 0.05) is 23.6 Å². The molecule has 0 aliphatic carbocycles. The van der Waals surface area contributed by atoms with Crippen LogP contribution in [0.3, 0.4) is 0 Å². The Morgan fingerprint density at radius 3 is 2.71 bits per heavy atom. The van der Waals surface area contributed by atoms with Gasteiger partial charge in [0.15, 0.2) is 0 Å². The molecular weight excluding hydrogens is 278 g/mol. The predicted molar refractivity (Wildman–Crippen MR) is 72.8 cm³/mol. The standard InChI is InChI=1S/C13H16BrN3/c1-17-7-6-11(16-17)8-10(9-15)12-4-2-3-5-13(12)14/h2-7,10H,8-9,15H2,1H3. The molecule has 4 heteroatoms. The molecular formula is C13H16BrN3. The van der Waals surface area contributed by atoms with Crippen molar-refractivity contribution in [2.45, 2.75) is 12.3 Å². The second kappa shape index (κ2) is 5.47. The van der Waals surface area contributed by atoms with Gasteiger partial charge in [-0.15, -0.1) is 0 Å². The van der Waals surface area contributed by atoms with Crippen molar-refractivity contribution in [3.63, 3.8) is 0 Å². The van der Waals surface area contributed by atoms with Crippen LogP contribution >= 0.6 is 15.9 Å². The molecule has 2 rings (SSSR count). The number of hydrogen-bond donors (Lipinski definition) is 1. The monoisotopic (exact) mass is 293 g/mol.